The number of carbonyl (C=O) groups is 1. The minimum Gasteiger partial charge on any atom is -0.477 e. The van der Waals surface area contributed by atoms with Gasteiger partial charge in [-0.05, 0) is 30.8 Å². The van der Waals surface area contributed by atoms with E-state index in [0.29, 0.717) is 15.1 Å². The van der Waals surface area contributed by atoms with Gasteiger partial charge in [0.25, 0.3) is 0 Å². The van der Waals surface area contributed by atoms with Gasteiger partial charge in [-0.3, -0.25) is 0 Å². The Morgan fingerprint density at radius 3 is 2.70 bits per heavy atom. The molecule has 1 N–H and O–H groups in total. The first-order valence-electron chi connectivity index (χ1n) is 5.32. The van der Waals surface area contributed by atoms with Gasteiger partial charge in [0, 0.05) is 12.5 Å². The number of pyridine rings is 1. The number of aryl methyl sites for hydroxylation is 1. The van der Waals surface area contributed by atoms with Gasteiger partial charge in [-0.15, -0.1) is 0 Å². The van der Waals surface area contributed by atoms with Crippen LogP contribution in [0.25, 0.3) is 0 Å². The van der Waals surface area contributed by atoms with E-state index in [1.165, 1.54) is 18.3 Å². The number of aromatic carboxylic acids is 1. The summed E-state index contributed by atoms with van der Waals surface area (Å²) in [6.45, 7) is 1.60. The van der Waals surface area contributed by atoms with Crippen LogP contribution in [0.15, 0.2) is 32.6 Å². The first kappa shape index (κ1) is 14.9. The zero-order valence-corrected chi connectivity index (χ0v) is 13.0. The summed E-state index contributed by atoms with van der Waals surface area (Å²) in [6, 6.07) is 3.00. The first-order valence-corrected chi connectivity index (χ1v) is 8.85. The van der Waals surface area contributed by atoms with Gasteiger partial charge in [-0.2, -0.15) is 0 Å². The molecule has 2 aromatic rings. The van der Waals surface area contributed by atoms with E-state index in [-0.39, 0.29) is 9.77 Å². The first-order chi connectivity index (χ1) is 9.29. The highest BCUT2D eigenvalue weighted by Gasteiger charge is 2.19. The van der Waals surface area contributed by atoms with E-state index in [0.717, 1.165) is 29.4 Å². The molecule has 0 fully saturated rings. The SMILES string of the molecule is Cc1nc(Sc2ncccc2S(C)(=O)=O)sc1C(=O)O. The number of rotatable bonds is 4. The second-order valence-corrected chi connectivity index (χ2v) is 8.10. The third kappa shape index (κ3) is 3.17. The molecule has 0 saturated heterocycles. The molecule has 6 nitrogen and oxygen atoms in total. The average Bonchev–Trinajstić information content (AvgIpc) is 2.69. The Balaban J connectivity index is 2.41. The van der Waals surface area contributed by atoms with E-state index in [1.807, 2.05) is 0 Å². The third-order valence-electron chi connectivity index (χ3n) is 2.29. The minimum atomic E-state index is -3.40. The van der Waals surface area contributed by atoms with Gasteiger partial charge in [-0.1, -0.05) is 11.3 Å². The van der Waals surface area contributed by atoms with Crippen molar-refractivity contribution in [2.45, 2.75) is 21.2 Å². The molecule has 0 aliphatic heterocycles. The lowest BCUT2D eigenvalue weighted by molar-refractivity contribution is 0.0701. The molecule has 2 rings (SSSR count). The van der Waals surface area contributed by atoms with Crippen molar-refractivity contribution in [1.82, 2.24) is 9.97 Å². The van der Waals surface area contributed by atoms with E-state index in [1.54, 1.807) is 6.92 Å². The van der Waals surface area contributed by atoms with Gasteiger partial charge in [-0.25, -0.2) is 23.2 Å². The molecular formula is C11H10N2O4S3. The molecule has 0 spiro atoms. The minimum absolute atomic E-state index is 0.106. The van der Waals surface area contributed by atoms with Gasteiger partial charge in [0.2, 0.25) is 0 Å². The maximum Gasteiger partial charge on any atom is 0.347 e. The van der Waals surface area contributed by atoms with Crippen molar-refractivity contribution in [1.29, 1.82) is 0 Å². The lowest BCUT2D eigenvalue weighted by atomic mass is 10.4. The summed E-state index contributed by atoms with van der Waals surface area (Å²) in [4.78, 5) is 19.4. The van der Waals surface area contributed by atoms with Gasteiger partial charge in [0.15, 0.2) is 14.2 Å². The van der Waals surface area contributed by atoms with Crippen LogP contribution in [0.3, 0.4) is 0 Å². The topological polar surface area (TPSA) is 97.2 Å². The Morgan fingerprint density at radius 1 is 1.45 bits per heavy atom. The Labute approximate surface area is 123 Å². The Morgan fingerprint density at radius 2 is 2.15 bits per heavy atom. The number of aromatic nitrogens is 2. The van der Waals surface area contributed by atoms with Crippen molar-refractivity contribution < 1.29 is 18.3 Å². The summed E-state index contributed by atoms with van der Waals surface area (Å²) in [5.74, 6) is -1.05. The maximum absolute atomic E-state index is 11.7. The average molecular weight is 330 g/mol. The predicted octanol–water partition coefficient (Wildman–Crippen LogP) is 2.10. The number of thiazole rings is 1. The maximum atomic E-state index is 11.7. The molecular weight excluding hydrogens is 320 g/mol. The fourth-order valence-electron chi connectivity index (χ4n) is 1.43. The highest BCUT2D eigenvalue weighted by molar-refractivity contribution is 8.01. The molecule has 2 aromatic heterocycles. The second kappa shape index (κ2) is 5.51. The van der Waals surface area contributed by atoms with Gasteiger partial charge >= 0.3 is 5.97 Å². The van der Waals surface area contributed by atoms with E-state index < -0.39 is 15.8 Å². The fourth-order valence-corrected chi connectivity index (χ4v) is 4.63. The largest absolute Gasteiger partial charge is 0.477 e. The molecule has 106 valence electrons. The van der Waals surface area contributed by atoms with Crippen LogP contribution in [-0.2, 0) is 9.84 Å². The van der Waals surface area contributed by atoms with Crippen molar-refractivity contribution in [3.05, 3.63) is 28.9 Å². The Bertz CT molecular complexity index is 768. The highest BCUT2D eigenvalue weighted by Crippen LogP contribution is 2.34. The number of carboxylic acid groups (broad SMARTS) is 1. The summed E-state index contributed by atoms with van der Waals surface area (Å²) in [6.07, 6.45) is 2.58. The number of hydrogen-bond donors (Lipinski definition) is 1. The zero-order chi connectivity index (χ0) is 14.9. The summed E-state index contributed by atoms with van der Waals surface area (Å²) < 4.78 is 23.8. The molecule has 0 aliphatic rings. The van der Waals surface area contributed by atoms with Crippen LogP contribution in [0.5, 0.6) is 0 Å². The quantitative estimate of drug-likeness (QED) is 0.916. The molecule has 9 heteroatoms. The number of nitrogens with zero attached hydrogens (tertiary/aromatic N) is 2. The van der Waals surface area contributed by atoms with E-state index in [4.69, 9.17) is 5.11 Å². The van der Waals surface area contributed by atoms with Crippen molar-refractivity contribution >= 4 is 38.9 Å². The van der Waals surface area contributed by atoms with Crippen molar-refractivity contribution in [2.24, 2.45) is 0 Å². The lowest BCUT2D eigenvalue weighted by Gasteiger charge is -2.03. The molecule has 20 heavy (non-hydrogen) atoms. The fraction of sp³-hybridized carbons (Fsp3) is 0.182. The smallest absolute Gasteiger partial charge is 0.347 e. The molecule has 0 unspecified atom stereocenters. The summed E-state index contributed by atoms with van der Waals surface area (Å²) in [7, 11) is -3.40. The zero-order valence-electron chi connectivity index (χ0n) is 10.5. The van der Waals surface area contributed by atoms with Crippen LogP contribution in [0, 0.1) is 6.92 Å². The molecule has 0 aromatic carbocycles. The van der Waals surface area contributed by atoms with Crippen LogP contribution in [0.4, 0.5) is 0 Å². The predicted molar refractivity (Wildman–Crippen MR) is 75.3 cm³/mol. The van der Waals surface area contributed by atoms with Crippen LogP contribution in [-0.4, -0.2) is 35.7 Å². The van der Waals surface area contributed by atoms with Crippen LogP contribution < -0.4 is 0 Å². The van der Waals surface area contributed by atoms with Gasteiger partial charge in [0.05, 0.1) is 10.6 Å². The van der Waals surface area contributed by atoms with Crippen LogP contribution in [0.2, 0.25) is 0 Å². The standard InChI is InChI=1S/C11H10N2O4S3/c1-6-8(10(14)15)18-11(13-6)19-9-7(20(2,16)17)4-3-5-12-9/h3-5H,1-2H3,(H,14,15). The molecule has 0 saturated carbocycles. The summed E-state index contributed by atoms with van der Waals surface area (Å²) in [5, 5.41) is 9.27. The van der Waals surface area contributed by atoms with Crippen molar-refractivity contribution in [2.75, 3.05) is 6.26 Å². The normalized spacial score (nSPS) is 11.5. The monoisotopic (exact) mass is 330 g/mol. The third-order valence-corrected chi connectivity index (χ3v) is 5.77. The number of hydrogen-bond acceptors (Lipinski definition) is 7. The summed E-state index contributed by atoms with van der Waals surface area (Å²) in [5.41, 5.74) is 0.404. The molecule has 0 aliphatic carbocycles. The van der Waals surface area contributed by atoms with E-state index in [2.05, 4.69) is 9.97 Å². The van der Waals surface area contributed by atoms with Gasteiger partial charge < -0.3 is 5.11 Å². The second-order valence-electron chi connectivity index (χ2n) is 3.88. The van der Waals surface area contributed by atoms with Crippen molar-refractivity contribution in [3.8, 4) is 0 Å². The Kier molecular flexibility index (Phi) is 4.11. The highest BCUT2D eigenvalue weighted by atomic mass is 32.2. The van der Waals surface area contributed by atoms with Crippen LogP contribution >= 0.6 is 23.1 Å². The molecule has 2 heterocycles. The lowest BCUT2D eigenvalue weighted by Crippen LogP contribution is -2.00. The van der Waals surface area contributed by atoms with Crippen LogP contribution in [0.1, 0.15) is 15.4 Å². The van der Waals surface area contributed by atoms with Gasteiger partial charge in [0.1, 0.15) is 9.90 Å². The molecule has 0 bridgehead atoms. The van der Waals surface area contributed by atoms with E-state index >= 15 is 0 Å². The molecule has 0 radical (unpaired) electrons. The Hall–Kier alpha value is -1.45. The molecule has 0 amide bonds. The number of carboxylic acids is 1. The van der Waals surface area contributed by atoms with E-state index in [9.17, 15) is 13.2 Å². The van der Waals surface area contributed by atoms with Crippen molar-refractivity contribution in [3.63, 3.8) is 0 Å². The summed E-state index contributed by atoms with van der Waals surface area (Å²) >= 11 is 2.05. The number of sulfone groups is 1. The molecule has 0 atom stereocenters.